The first-order valence-electron chi connectivity index (χ1n) is 4.98. The number of halogens is 1. The molecule has 0 aliphatic rings. The summed E-state index contributed by atoms with van der Waals surface area (Å²) in [4.78, 5) is 16.6. The molecule has 2 aromatic heterocycles. The molecule has 0 spiro atoms. The second-order valence-corrected chi connectivity index (χ2v) is 5.00. The van der Waals surface area contributed by atoms with Crippen LogP contribution in [0.3, 0.4) is 0 Å². The largest absolute Gasteiger partial charge is 0.467 e. The van der Waals surface area contributed by atoms with Crippen LogP contribution in [0, 0.1) is 0 Å². The molecule has 0 fully saturated rings. The fraction of sp³-hybridized carbons (Fsp3) is 0.200. The first kappa shape index (κ1) is 13.0. The van der Waals surface area contributed by atoms with Gasteiger partial charge in [0.2, 0.25) is 11.1 Å². The zero-order valence-electron chi connectivity index (χ0n) is 9.72. The molecule has 0 saturated heterocycles. The van der Waals surface area contributed by atoms with E-state index in [4.69, 9.17) is 4.74 Å². The van der Waals surface area contributed by atoms with Gasteiger partial charge in [-0.1, -0.05) is 0 Å². The number of pyridine rings is 1. The third-order valence-corrected chi connectivity index (χ3v) is 3.18. The number of ether oxygens (including phenoxy) is 1. The SMILES string of the molecule is CNc1nc(OC)nc(Sc2ccc(Br)cn2)n1. The van der Waals surface area contributed by atoms with Crippen molar-refractivity contribution in [3.8, 4) is 6.01 Å². The summed E-state index contributed by atoms with van der Waals surface area (Å²) in [5.74, 6) is 0.460. The van der Waals surface area contributed by atoms with Gasteiger partial charge in [0.15, 0.2) is 0 Å². The predicted octanol–water partition coefficient (Wildman–Crippen LogP) is 2.23. The van der Waals surface area contributed by atoms with Gasteiger partial charge in [-0.05, 0) is 39.8 Å². The molecule has 2 aromatic rings. The van der Waals surface area contributed by atoms with Gasteiger partial charge in [-0.15, -0.1) is 0 Å². The third kappa shape index (κ3) is 3.30. The average molecular weight is 328 g/mol. The Morgan fingerprint density at radius 2 is 2.11 bits per heavy atom. The molecule has 0 saturated carbocycles. The lowest BCUT2D eigenvalue weighted by Gasteiger charge is -2.04. The maximum Gasteiger partial charge on any atom is 0.321 e. The maximum absolute atomic E-state index is 5.01. The van der Waals surface area contributed by atoms with Crippen LogP contribution in [-0.2, 0) is 0 Å². The smallest absolute Gasteiger partial charge is 0.321 e. The summed E-state index contributed by atoms with van der Waals surface area (Å²) in [6.45, 7) is 0. The van der Waals surface area contributed by atoms with Crippen molar-refractivity contribution in [3.05, 3.63) is 22.8 Å². The lowest BCUT2D eigenvalue weighted by atomic mass is 10.5. The molecule has 18 heavy (non-hydrogen) atoms. The predicted molar refractivity (Wildman–Crippen MR) is 72.0 cm³/mol. The number of hydrogen-bond acceptors (Lipinski definition) is 7. The summed E-state index contributed by atoms with van der Waals surface area (Å²) in [7, 11) is 3.25. The molecule has 2 heterocycles. The second kappa shape index (κ2) is 5.96. The van der Waals surface area contributed by atoms with Crippen LogP contribution in [0.25, 0.3) is 0 Å². The molecule has 0 amide bonds. The van der Waals surface area contributed by atoms with Gasteiger partial charge in [-0.25, -0.2) is 4.98 Å². The summed E-state index contributed by atoms with van der Waals surface area (Å²) >= 11 is 4.67. The van der Waals surface area contributed by atoms with E-state index in [2.05, 4.69) is 41.2 Å². The Kier molecular flexibility index (Phi) is 4.32. The van der Waals surface area contributed by atoms with Gasteiger partial charge in [-0.3, -0.25) is 0 Å². The van der Waals surface area contributed by atoms with Crippen LogP contribution < -0.4 is 10.1 Å². The maximum atomic E-state index is 5.01. The summed E-state index contributed by atoms with van der Waals surface area (Å²) in [5, 5.41) is 4.18. The van der Waals surface area contributed by atoms with E-state index in [0.717, 1.165) is 9.50 Å². The lowest BCUT2D eigenvalue weighted by molar-refractivity contribution is 0.374. The van der Waals surface area contributed by atoms with Crippen LogP contribution in [0.1, 0.15) is 0 Å². The first-order valence-corrected chi connectivity index (χ1v) is 6.59. The third-order valence-electron chi connectivity index (χ3n) is 1.90. The molecule has 0 aromatic carbocycles. The number of nitrogens with zero attached hydrogens (tertiary/aromatic N) is 4. The Labute approximate surface area is 117 Å². The molecule has 0 radical (unpaired) electrons. The van der Waals surface area contributed by atoms with Crippen molar-refractivity contribution in [2.24, 2.45) is 0 Å². The van der Waals surface area contributed by atoms with E-state index >= 15 is 0 Å². The molecule has 2 rings (SSSR count). The van der Waals surface area contributed by atoms with E-state index in [1.54, 1.807) is 13.2 Å². The average Bonchev–Trinajstić information content (AvgIpc) is 2.41. The fourth-order valence-electron chi connectivity index (χ4n) is 1.10. The Morgan fingerprint density at radius 3 is 2.72 bits per heavy atom. The van der Waals surface area contributed by atoms with E-state index in [1.807, 2.05) is 12.1 Å². The van der Waals surface area contributed by atoms with Crippen LogP contribution in [0.4, 0.5) is 5.95 Å². The molecule has 8 heteroatoms. The number of anilines is 1. The molecular formula is C10H10BrN5OS. The normalized spacial score (nSPS) is 10.2. The van der Waals surface area contributed by atoms with Crippen molar-refractivity contribution < 1.29 is 4.74 Å². The number of aromatic nitrogens is 4. The lowest BCUT2D eigenvalue weighted by Crippen LogP contribution is -2.02. The molecular weight excluding hydrogens is 318 g/mol. The molecule has 0 aliphatic heterocycles. The van der Waals surface area contributed by atoms with E-state index in [1.165, 1.54) is 18.9 Å². The highest BCUT2D eigenvalue weighted by molar-refractivity contribution is 9.10. The van der Waals surface area contributed by atoms with Crippen LogP contribution in [-0.4, -0.2) is 34.1 Å². The number of rotatable bonds is 4. The van der Waals surface area contributed by atoms with Gasteiger partial charge in [0.25, 0.3) is 0 Å². The number of methoxy groups -OCH3 is 1. The van der Waals surface area contributed by atoms with Crippen LogP contribution >= 0.6 is 27.7 Å². The minimum Gasteiger partial charge on any atom is -0.467 e. The number of nitrogens with one attached hydrogen (secondary N) is 1. The molecule has 0 unspecified atom stereocenters. The van der Waals surface area contributed by atoms with E-state index in [0.29, 0.717) is 11.1 Å². The van der Waals surface area contributed by atoms with Gasteiger partial charge in [-0.2, -0.15) is 15.0 Å². The van der Waals surface area contributed by atoms with Crippen molar-refractivity contribution >= 4 is 33.6 Å². The van der Waals surface area contributed by atoms with Gasteiger partial charge in [0.05, 0.1) is 7.11 Å². The minimum atomic E-state index is 0.272. The minimum absolute atomic E-state index is 0.272. The van der Waals surface area contributed by atoms with Crippen molar-refractivity contribution in [1.82, 2.24) is 19.9 Å². The summed E-state index contributed by atoms with van der Waals surface area (Å²) in [6.07, 6.45) is 1.72. The van der Waals surface area contributed by atoms with Crippen LogP contribution in [0.15, 0.2) is 33.0 Å². The monoisotopic (exact) mass is 327 g/mol. The van der Waals surface area contributed by atoms with Gasteiger partial charge in [0, 0.05) is 17.7 Å². The second-order valence-electron chi connectivity index (χ2n) is 3.10. The van der Waals surface area contributed by atoms with E-state index < -0.39 is 0 Å². The van der Waals surface area contributed by atoms with Crippen LogP contribution in [0.2, 0.25) is 0 Å². The Balaban J connectivity index is 2.25. The summed E-state index contributed by atoms with van der Waals surface area (Å²) in [5.41, 5.74) is 0. The van der Waals surface area contributed by atoms with Crippen molar-refractivity contribution in [3.63, 3.8) is 0 Å². The van der Waals surface area contributed by atoms with Crippen molar-refractivity contribution in [2.75, 3.05) is 19.5 Å². The fourth-order valence-corrected chi connectivity index (χ4v) is 2.02. The first-order chi connectivity index (χ1) is 8.71. The topological polar surface area (TPSA) is 72.8 Å². The van der Waals surface area contributed by atoms with E-state index in [-0.39, 0.29) is 6.01 Å². The molecule has 1 N–H and O–H groups in total. The molecule has 0 atom stereocenters. The number of hydrogen-bond donors (Lipinski definition) is 1. The molecule has 0 bridgehead atoms. The summed E-state index contributed by atoms with van der Waals surface area (Å²) in [6, 6.07) is 4.06. The highest BCUT2D eigenvalue weighted by atomic mass is 79.9. The Morgan fingerprint density at radius 1 is 1.28 bits per heavy atom. The zero-order valence-corrected chi connectivity index (χ0v) is 12.1. The van der Waals surface area contributed by atoms with Gasteiger partial charge < -0.3 is 10.1 Å². The van der Waals surface area contributed by atoms with Crippen molar-refractivity contribution in [1.29, 1.82) is 0 Å². The highest BCUT2D eigenvalue weighted by Gasteiger charge is 2.08. The highest BCUT2D eigenvalue weighted by Crippen LogP contribution is 2.25. The Hall–Kier alpha value is -1.41. The van der Waals surface area contributed by atoms with Crippen LogP contribution in [0.5, 0.6) is 6.01 Å². The molecule has 6 nitrogen and oxygen atoms in total. The van der Waals surface area contributed by atoms with Gasteiger partial charge in [0.1, 0.15) is 5.03 Å². The van der Waals surface area contributed by atoms with E-state index in [9.17, 15) is 0 Å². The quantitative estimate of drug-likeness (QED) is 0.922. The molecule has 0 aliphatic carbocycles. The standard InChI is InChI=1S/C10H10BrN5OS/c1-12-8-14-9(17-2)16-10(15-8)18-7-4-3-6(11)5-13-7/h3-5H,1-2H3,(H,12,14,15,16). The zero-order chi connectivity index (χ0) is 13.0. The summed E-state index contributed by atoms with van der Waals surface area (Å²) < 4.78 is 5.94. The molecule has 94 valence electrons. The van der Waals surface area contributed by atoms with Gasteiger partial charge >= 0.3 is 6.01 Å². The van der Waals surface area contributed by atoms with Crippen molar-refractivity contribution in [2.45, 2.75) is 10.2 Å². The Bertz CT molecular complexity index is 514.